The molecule has 0 aliphatic carbocycles. The number of benzene rings is 1. The van der Waals surface area contributed by atoms with Crippen LogP contribution < -0.4 is 10.6 Å². The quantitative estimate of drug-likeness (QED) is 0.651. The van der Waals surface area contributed by atoms with Crippen LogP contribution >= 0.6 is 0 Å². The van der Waals surface area contributed by atoms with Crippen LogP contribution in [0.25, 0.3) is 0 Å². The summed E-state index contributed by atoms with van der Waals surface area (Å²) in [5, 5.41) is 14.1. The summed E-state index contributed by atoms with van der Waals surface area (Å²) in [6.07, 6.45) is 1.26. The van der Waals surface area contributed by atoms with E-state index in [4.69, 9.17) is 9.84 Å². The molecule has 26 heavy (non-hydrogen) atoms. The molecule has 7 nitrogen and oxygen atoms in total. The Morgan fingerprint density at radius 1 is 1.31 bits per heavy atom. The lowest BCUT2D eigenvalue weighted by atomic mass is 9.96. The number of nitrogens with one attached hydrogen (secondary N) is 2. The van der Waals surface area contributed by atoms with Gasteiger partial charge in [-0.05, 0) is 36.5 Å². The van der Waals surface area contributed by atoms with Crippen LogP contribution in [0, 0.1) is 5.92 Å². The van der Waals surface area contributed by atoms with Crippen molar-refractivity contribution in [1.82, 2.24) is 10.6 Å². The summed E-state index contributed by atoms with van der Waals surface area (Å²) in [5.41, 5.74) is 1.52. The second-order valence-corrected chi connectivity index (χ2v) is 6.96. The van der Waals surface area contributed by atoms with Crippen LogP contribution in [-0.2, 0) is 14.3 Å². The average molecular weight is 362 g/mol. The molecule has 0 spiro atoms. The molecule has 1 aliphatic heterocycles. The molecule has 0 aromatic heterocycles. The van der Waals surface area contributed by atoms with E-state index in [1.165, 1.54) is 0 Å². The van der Waals surface area contributed by atoms with Gasteiger partial charge in [-0.15, -0.1) is 0 Å². The van der Waals surface area contributed by atoms with Gasteiger partial charge in [0, 0.05) is 18.1 Å². The van der Waals surface area contributed by atoms with Gasteiger partial charge in [0.05, 0.1) is 13.2 Å². The highest BCUT2D eigenvalue weighted by Crippen LogP contribution is 2.25. The van der Waals surface area contributed by atoms with Crippen LogP contribution in [0.3, 0.4) is 0 Å². The zero-order chi connectivity index (χ0) is 19.1. The number of carbonyl (C=O) groups is 3. The molecule has 1 saturated heterocycles. The van der Waals surface area contributed by atoms with E-state index < -0.39 is 17.9 Å². The summed E-state index contributed by atoms with van der Waals surface area (Å²) in [7, 11) is 0. The summed E-state index contributed by atoms with van der Waals surface area (Å²) in [4.78, 5) is 35.4. The Morgan fingerprint density at radius 3 is 2.69 bits per heavy atom. The van der Waals surface area contributed by atoms with E-state index in [0.717, 1.165) is 18.6 Å². The molecule has 1 aromatic carbocycles. The maximum absolute atomic E-state index is 12.3. The smallest absolute Gasteiger partial charge is 0.326 e. The molecular weight excluding hydrogens is 336 g/mol. The number of carboxylic acid groups (broad SMARTS) is 1. The molecule has 1 aliphatic rings. The summed E-state index contributed by atoms with van der Waals surface area (Å²) in [6, 6.07) is 6.32. The van der Waals surface area contributed by atoms with E-state index in [2.05, 4.69) is 10.6 Å². The Balaban J connectivity index is 1.88. The van der Waals surface area contributed by atoms with Gasteiger partial charge < -0.3 is 20.5 Å². The first kappa shape index (κ1) is 19.9. The van der Waals surface area contributed by atoms with Crippen molar-refractivity contribution in [2.75, 3.05) is 19.8 Å². The van der Waals surface area contributed by atoms with E-state index in [-0.39, 0.29) is 18.4 Å². The highest BCUT2D eigenvalue weighted by Gasteiger charge is 2.22. The van der Waals surface area contributed by atoms with Crippen LogP contribution in [0.5, 0.6) is 0 Å². The second-order valence-electron chi connectivity index (χ2n) is 6.96. The van der Waals surface area contributed by atoms with Crippen molar-refractivity contribution in [2.45, 2.75) is 38.6 Å². The zero-order valence-electron chi connectivity index (χ0n) is 15.2. The SMILES string of the molecule is CC(C)C[C@H](NC(=O)CNC(=O)c1cccc(C2CCOC2)c1)C(=O)O. The molecule has 0 radical (unpaired) electrons. The molecule has 1 fully saturated rings. The fraction of sp³-hybridized carbons (Fsp3) is 0.526. The van der Waals surface area contributed by atoms with E-state index in [9.17, 15) is 14.4 Å². The Labute approximate surface area is 153 Å². The number of amides is 2. The number of carbonyl (C=O) groups excluding carboxylic acids is 2. The number of hydrogen-bond acceptors (Lipinski definition) is 4. The third-order valence-corrected chi connectivity index (χ3v) is 4.30. The third-order valence-electron chi connectivity index (χ3n) is 4.30. The van der Waals surface area contributed by atoms with E-state index in [1.54, 1.807) is 6.07 Å². The lowest BCUT2D eigenvalue weighted by Crippen LogP contribution is -2.46. The molecule has 1 unspecified atom stereocenters. The Hall–Kier alpha value is -2.41. The van der Waals surface area contributed by atoms with Crippen molar-refractivity contribution < 1.29 is 24.2 Å². The molecule has 0 saturated carbocycles. The van der Waals surface area contributed by atoms with Gasteiger partial charge in [0.2, 0.25) is 5.91 Å². The lowest BCUT2D eigenvalue weighted by Gasteiger charge is -2.16. The largest absolute Gasteiger partial charge is 0.480 e. The van der Waals surface area contributed by atoms with Gasteiger partial charge >= 0.3 is 5.97 Å². The predicted octanol–water partition coefficient (Wildman–Crippen LogP) is 1.54. The van der Waals surface area contributed by atoms with Crippen molar-refractivity contribution >= 4 is 17.8 Å². The molecule has 1 heterocycles. The maximum Gasteiger partial charge on any atom is 0.326 e. The van der Waals surface area contributed by atoms with E-state index in [0.29, 0.717) is 24.5 Å². The maximum atomic E-state index is 12.3. The van der Waals surface area contributed by atoms with Gasteiger partial charge in [0.15, 0.2) is 0 Å². The minimum absolute atomic E-state index is 0.133. The number of aliphatic carboxylic acids is 1. The first-order valence-electron chi connectivity index (χ1n) is 8.85. The van der Waals surface area contributed by atoms with Crippen molar-refractivity contribution in [2.24, 2.45) is 5.92 Å². The standard InChI is InChI=1S/C19H26N2O5/c1-12(2)8-16(19(24)25)21-17(22)10-20-18(23)14-5-3-4-13(9-14)15-6-7-26-11-15/h3-5,9,12,15-16H,6-8,10-11H2,1-2H3,(H,20,23)(H,21,22)(H,24,25)/t15?,16-/m0/s1. The summed E-state index contributed by atoms with van der Waals surface area (Å²) < 4.78 is 5.37. The Morgan fingerprint density at radius 2 is 2.08 bits per heavy atom. The molecule has 2 amide bonds. The summed E-state index contributed by atoms with van der Waals surface area (Å²) in [5.74, 6) is -1.54. The minimum Gasteiger partial charge on any atom is -0.480 e. The van der Waals surface area contributed by atoms with Gasteiger partial charge in [0.1, 0.15) is 6.04 Å². The third kappa shape index (κ3) is 5.84. The topological polar surface area (TPSA) is 105 Å². The molecule has 1 aromatic rings. The molecule has 142 valence electrons. The monoisotopic (exact) mass is 362 g/mol. The number of rotatable bonds is 8. The number of carboxylic acids is 1. The van der Waals surface area contributed by atoms with Crippen LogP contribution in [0.2, 0.25) is 0 Å². The highest BCUT2D eigenvalue weighted by molar-refractivity contribution is 5.97. The van der Waals surface area contributed by atoms with Crippen LogP contribution in [0.1, 0.15) is 48.5 Å². The van der Waals surface area contributed by atoms with Crippen LogP contribution in [0.15, 0.2) is 24.3 Å². The molecular formula is C19H26N2O5. The first-order valence-corrected chi connectivity index (χ1v) is 8.85. The predicted molar refractivity (Wildman–Crippen MR) is 96.0 cm³/mol. The Kier molecular flexibility index (Phi) is 7.15. The van der Waals surface area contributed by atoms with Gasteiger partial charge in [-0.3, -0.25) is 9.59 Å². The van der Waals surface area contributed by atoms with Crippen molar-refractivity contribution in [3.63, 3.8) is 0 Å². The van der Waals surface area contributed by atoms with Crippen molar-refractivity contribution in [3.8, 4) is 0 Å². The Bertz CT molecular complexity index is 653. The fourth-order valence-electron chi connectivity index (χ4n) is 2.93. The highest BCUT2D eigenvalue weighted by atomic mass is 16.5. The van der Waals surface area contributed by atoms with Crippen molar-refractivity contribution in [1.29, 1.82) is 0 Å². The number of ether oxygens (including phenoxy) is 1. The summed E-state index contributed by atoms with van der Waals surface area (Å²) >= 11 is 0. The lowest BCUT2D eigenvalue weighted by molar-refractivity contribution is -0.142. The van der Waals surface area contributed by atoms with Crippen LogP contribution in [-0.4, -0.2) is 48.7 Å². The van der Waals surface area contributed by atoms with Gasteiger partial charge in [-0.2, -0.15) is 0 Å². The first-order chi connectivity index (χ1) is 12.4. The molecule has 0 bridgehead atoms. The van der Waals surface area contributed by atoms with E-state index in [1.807, 2.05) is 32.0 Å². The normalized spacial score (nSPS) is 17.7. The molecule has 3 N–H and O–H groups in total. The van der Waals surface area contributed by atoms with Gasteiger partial charge in [-0.25, -0.2) is 4.79 Å². The van der Waals surface area contributed by atoms with Gasteiger partial charge in [0.25, 0.3) is 5.91 Å². The molecule has 2 rings (SSSR count). The summed E-state index contributed by atoms with van der Waals surface area (Å²) in [6.45, 7) is 4.87. The number of hydrogen-bond donors (Lipinski definition) is 3. The zero-order valence-corrected chi connectivity index (χ0v) is 15.2. The minimum atomic E-state index is -1.08. The molecule has 2 atom stereocenters. The van der Waals surface area contributed by atoms with Crippen LogP contribution in [0.4, 0.5) is 0 Å². The van der Waals surface area contributed by atoms with E-state index >= 15 is 0 Å². The van der Waals surface area contributed by atoms with Gasteiger partial charge in [-0.1, -0.05) is 26.0 Å². The second kappa shape index (κ2) is 9.33. The molecule has 7 heteroatoms. The van der Waals surface area contributed by atoms with Crippen molar-refractivity contribution in [3.05, 3.63) is 35.4 Å². The average Bonchev–Trinajstić information content (AvgIpc) is 3.13. The fourth-order valence-corrected chi connectivity index (χ4v) is 2.93.